The first-order chi connectivity index (χ1) is 9.66. The summed E-state index contributed by atoms with van der Waals surface area (Å²) in [4.78, 5) is 23.1. The molecule has 1 unspecified atom stereocenters. The molecule has 21 heavy (non-hydrogen) atoms. The average molecular weight is 299 g/mol. The number of carboxylic acids is 1. The monoisotopic (exact) mass is 299 g/mol. The van der Waals surface area contributed by atoms with Gasteiger partial charge in [0.2, 0.25) is 5.91 Å². The van der Waals surface area contributed by atoms with E-state index in [1.165, 1.54) is 6.92 Å². The molecule has 0 bridgehead atoms. The highest BCUT2D eigenvalue weighted by atomic mass is 19.1. The molecular weight excluding hydrogens is 280 g/mol. The minimum absolute atomic E-state index is 0.0184. The molecule has 0 saturated heterocycles. The molecular formula is C15H19F2NO3. The SMILES string of the molecule is CC(C)C(C)(CC(=O)NCc1cc(F)ccc1F)C(=O)O. The maximum atomic E-state index is 13.4. The lowest BCUT2D eigenvalue weighted by molar-refractivity contribution is -0.153. The average Bonchev–Trinajstić information content (AvgIpc) is 2.39. The Morgan fingerprint density at radius 1 is 1.33 bits per heavy atom. The minimum Gasteiger partial charge on any atom is -0.481 e. The Kier molecular flexibility index (Phi) is 5.41. The molecule has 0 aliphatic rings. The van der Waals surface area contributed by atoms with Gasteiger partial charge in [-0.15, -0.1) is 0 Å². The van der Waals surface area contributed by atoms with Crippen LogP contribution in [0.15, 0.2) is 18.2 Å². The second-order valence-corrected chi connectivity index (χ2v) is 5.57. The van der Waals surface area contributed by atoms with E-state index >= 15 is 0 Å². The molecule has 1 amide bonds. The number of carbonyl (C=O) groups excluding carboxylic acids is 1. The van der Waals surface area contributed by atoms with Crippen molar-refractivity contribution in [2.45, 2.75) is 33.7 Å². The largest absolute Gasteiger partial charge is 0.481 e. The van der Waals surface area contributed by atoms with Crippen LogP contribution in [0.25, 0.3) is 0 Å². The molecule has 0 fully saturated rings. The predicted octanol–water partition coefficient (Wildman–Crippen LogP) is 2.72. The van der Waals surface area contributed by atoms with Gasteiger partial charge < -0.3 is 10.4 Å². The highest BCUT2D eigenvalue weighted by Crippen LogP contribution is 2.31. The summed E-state index contributed by atoms with van der Waals surface area (Å²) in [5.41, 5.74) is -1.19. The number of carbonyl (C=O) groups is 2. The van der Waals surface area contributed by atoms with Gasteiger partial charge in [0.15, 0.2) is 0 Å². The normalized spacial score (nSPS) is 13.8. The number of aliphatic carboxylic acids is 1. The maximum absolute atomic E-state index is 13.4. The van der Waals surface area contributed by atoms with E-state index in [4.69, 9.17) is 0 Å². The number of rotatable bonds is 6. The number of amides is 1. The lowest BCUT2D eigenvalue weighted by atomic mass is 9.76. The zero-order valence-electron chi connectivity index (χ0n) is 12.2. The molecule has 116 valence electrons. The first-order valence-electron chi connectivity index (χ1n) is 6.61. The summed E-state index contributed by atoms with van der Waals surface area (Å²) < 4.78 is 26.4. The van der Waals surface area contributed by atoms with Crippen molar-refractivity contribution in [3.05, 3.63) is 35.4 Å². The maximum Gasteiger partial charge on any atom is 0.310 e. The Hall–Kier alpha value is -1.98. The number of hydrogen-bond acceptors (Lipinski definition) is 2. The van der Waals surface area contributed by atoms with Crippen LogP contribution in [0, 0.1) is 23.0 Å². The van der Waals surface area contributed by atoms with E-state index in [0.29, 0.717) is 0 Å². The van der Waals surface area contributed by atoms with Gasteiger partial charge in [-0.2, -0.15) is 0 Å². The topological polar surface area (TPSA) is 66.4 Å². The van der Waals surface area contributed by atoms with Gasteiger partial charge in [0.05, 0.1) is 5.41 Å². The van der Waals surface area contributed by atoms with E-state index < -0.39 is 28.9 Å². The Morgan fingerprint density at radius 3 is 2.48 bits per heavy atom. The van der Waals surface area contributed by atoms with Crippen molar-refractivity contribution in [2.24, 2.45) is 11.3 Å². The predicted molar refractivity (Wildman–Crippen MR) is 73.4 cm³/mol. The zero-order valence-corrected chi connectivity index (χ0v) is 12.2. The highest BCUT2D eigenvalue weighted by Gasteiger charge is 2.38. The first-order valence-corrected chi connectivity index (χ1v) is 6.61. The van der Waals surface area contributed by atoms with Crippen molar-refractivity contribution in [1.82, 2.24) is 5.32 Å². The molecule has 0 aliphatic heterocycles. The van der Waals surface area contributed by atoms with E-state index in [2.05, 4.69) is 5.32 Å². The van der Waals surface area contributed by atoms with Crippen LogP contribution in [-0.4, -0.2) is 17.0 Å². The van der Waals surface area contributed by atoms with Crippen LogP contribution in [0.5, 0.6) is 0 Å². The molecule has 0 spiro atoms. The summed E-state index contributed by atoms with van der Waals surface area (Å²) >= 11 is 0. The van der Waals surface area contributed by atoms with E-state index in [-0.39, 0.29) is 24.4 Å². The second kappa shape index (κ2) is 6.65. The van der Waals surface area contributed by atoms with Gasteiger partial charge >= 0.3 is 5.97 Å². The summed E-state index contributed by atoms with van der Waals surface area (Å²) in [5, 5.41) is 11.7. The van der Waals surface area contributed by atoms with E-state index in [0.717, 1.165) is 18.2 Å². The first kappa shape index (κ1) is 17.1. The van der Waals surface area contributed by atoms with Crippen molar-refractivity contribution in [2.75, 3.05) is 0 Å². The number of nitrogens with one attached hydrogen (secondary N) is 1. The third kappa shape index (κ3) is 4.24. The summed E-state index contributed by atoms with van der Waals surface area (Å²) in [5.74, 6) is -3.05. The zero-order chi connectivity index (χ0) is 16.2. The van der Waals surface area contributed by atoms with Crippen LogP contribution in [-0.2, 0) is 16.1 Å². The van der Waals surface area contributed by atoms with Gasteiger partial charge in [0.25, 0.3) is 0 Å². The van der Waals surface area contributed by atoms with Crippen LogP contribution in [0.4, 0.5) is 8.78 Å². The van der Waals surface area contributed by atoms with Crippen LogP contribution in [0.2, 0.25) is 0 Å². The van der Waals surface area contributed by atoms with Gasteiger partial charge in [-0.3, -0.25) is 9.59 Å². The van der Waals surface area contributed by atoms with Crippen molar-refractivity contribution in [1.29, 1.82) is 0 Å². The van der Waals surface area contributed by atoms with E-state index in [9.17, 15) is 23.5 Å². The standard InChI is InChI=1S/C15H19F2NO3/c1-9(2)15(3,14(20)21)7-13(19)18-8-10-6-11(16)4-5-12(10)17/h4-6,9H,7-8H2,1-3H3,(H,18,19)(H,20,21). The quantitative estimate of drug-likeness (QED) is 0.848. The second-order valence-electron chi connectivity index (χ2n) is 5.57. The molecule has 0 aromatic heterocycles. The third-order valence-corrected chi connectivity index (χ3v) is 3.77. The fraction of sp³-hybridized carbons (Fsp3) is 0.467. The van der Waals surface area contributed by atoms with Gasteiger partial charge in [-0.05, 0) is 31.0 Å². The van der Waals surface area contributed by atoms with E-state index in [1.807, 2.05) is 0 Å². The Bertz CT molecular complexity index is 546. The van der Waals surface area contributed by atoms with Crippen LogP contribution in [0.1, 0.15) is 32.8 Å². The Balaban J connectivity index is 2.70. The van der Waals surface area contributed by atoms with Crippen LogP contribution < -0.4 is 5.32 Å². The third-order valence-electron chi connectivity index (χ3n) is 3.77. The minimum atomic E-state index is -1.20. The number of halogens is 2. The molecule has 4 nitrogen and oxygen atoms in total. The molecule has 0 heterocycles. The molecule has 0 saturated carbocycles. The summed E-state index contributed by atoms with van der Waals surface area (Å²) in [7, 11) is 0. The van der Waals surface area contributed by atoms with Gasteiger partial charge in [0.1, 0.15) is 11.6 Å². The molecule has 1 atom stereocenters. The molecule has 6 heteroatoms. The summed E-state index contributed by atoms with van der Waals surface area (Å²) in [6, 6.07) is 2.96. The van der Waals surface area contributed by atoms with Gasteiger partial charge in [-0.1, -0.05) is 13.8 Å². The molecule has 1 aromatic carbocycles. The lowest BCUT2D eigenvalue weighted by Gasteiger charge is -2.28. The van der Waals surface area contributed by atoms with Gasteiger partial charge in [-0.25, -0.2) is 8.78 Å². The highest BCUT2D eigenvalue weighted by molar-refractivity contribution is 5.84. The van der Waals surface area contributed by atoms with Crippen LogP contribution >= 0.6 is 0 Å². The van der Waals surface area contributed by atoms with Crippen molar-refractivity contribution >= 4 is 11.9 Å². The molecule has 1 aromatic rings. The molecule has 1 rings (SSSR count). The van der Waals surface area contributed by atoms with Crippen molar-refractivity contribution in [3.8, 4) is 0 Å². The fourth-order valence-electron chi connectivity index (χ4n) is 1.80. The summed E-state index contributed by atoms with van der Waals surface area (Å²) in [6.45, 7) is 4.74. The van der Waals surface area contributed by atoms with Gasteiger partial charge in [0, 0.05) is 18.5 Å². The Morgan fingerprint density at radius 2 is 1.95 bits per heavy atom. The molecule has 0 radical (unpaired) electrons. The van der Waals surface area contributed by atoms with E-state index in [1.54, 1.807) is 13.8 Å². The smallest absolute Gasteiger partial charge is 0.310 e. The number of benzene rings is 1. The Labute approximate surface area is 122 Å². The fourth-order valence-corrected chi connectivity index (χ4v) is 1.80. The van der Waals surface area contributed by atoms with Crippen molar-refractivity contribution < 1.29 is 23.5 Å². The number of carboxylic acid groups (broad SMARTS) is 1. The molecule has 2 N–H and O–H groups in total. The molecule has 0 aliphatic carbocycles. The van der Waals surface area contributed by atoms with Crippen molar-refractivity contribution in [3.63, 3.8) is 0 Å². The summed E-state index contributed by atoms with van der Waals surface area (Å²) in [6.07, 6.45) is -0.225. The number of hydrogen-bond donors (Lipinski definition) is 2. The van der Waals surface area contributed by atoms with Crippen LogP contribution in [0.3, 0.4) is 0 Å². The lowest BCUT2D eigenvalue weighted by Crippen LogP contribution is -2.39.